The van der Waals surface area contributed by atoms with E-state index in [1.165, 1.54) is 0 Å². The van der Waals surface area contributed by atoms with Crippen molar-refractivity contribution in [1.29, 1.82) is 0 Å². The molecule has 2 aliphatic heterocycles. The molecule has 112 valence electrons. The minimum Gasteiger partial charge on any atom is -0.370 e. The molecule has 2 saturated heterocycles. The molecule has 0 radical (unpaired) electrons. The van der Waals surface area contributed by atoms with Gasteiger partial charge in [-0.1, -0.05) is 0 Å². The average molecular weight is 309 g/mol. The molecule has 1 aromatic carbocycles. The monoisotopic (exact) mass is 308 g/mol. The van der Waals surface area contributed by atoms with Crippen molar-refractivity contribution in [2.24, 2.45) is 5.92 Å². The van der Waals surface area contributed by atoms with Gasteiger partial charge in [-0.25, -0.2) is 0 Å². The van der Waals surface area contributed by atoms with E-state index in [1.54, 1.807) is 9.80 Å². The van der Waals surface area contributed by atoms with Crippen LogP contribution in [0.15, 0.2) is 24.3 Å². The lowest BCUT2D eigenvalue weighted by Crippen LogP contribution is -2.41. The van der Waals surface area contributed by atoms with Crippen LogP contribution in [0.3, 0.4) is 0 Å². The Morgan fingerprint density at radius 3 is 2.33 bits per heavy atom. The van der Waals surface area contributed by atoms with Gasteiger partial charge in [0.2, 0.25) is 5.91 Å². The molecular formula is C15H17ClN2O3. The molecule has 5 nitrogen and oxygen atoms in total. The average Bonchev–Trinajstić information content (AvgIpc) is 2.89. The van der Waals surface area contributed by atoms with Gasteiger partial charge >= 0.3 is 0 Å². The molecule has 0 N–H and O–H groups in total. The van der Waals surface area contributed by atoms with Crippen LogP contribution < -0.4 is 9.80 Å². The van der Waals surface area contributed by atoms with E-state index < -0.39 is 0 Å². The molecule has 6 heteroatoms. The lowest BCUT2D eigenvalue weighted by molar-refractivity contribution is -0.125. The normalized spacial score (nSPS) is 23.0. The Morgan fingerprint density at radius 1 is 1.10 bits per heavy atom. The third-order valence-corrected chi connectivity index (χ3v) is 4.32. The SMILES string of the molecule is O=C1COCCN1c1ccc(N2CC(CCl)CC2=O)cc1. The second kappa shape index (κ2) is 6.03. The number of halogens is 1. The summed E-state index contributed by atoms with van der Waals surface area (Å²) in [5.74, 6) is 0.798. The standard InChI is InChI=1S/C15H17ClN2O3/c16-8-11-7-14(19)18(9-11)13-3-1-12(2-4-13)17-5-6-21-10-15(17)20/h1-4,11H,5-10H2. The quantitative estimate of drug-likeness (QED) is 0.798. The fourth-order valence-electron chi connectivity index (χ4n) is 2.74. The summed E-state index contributed by atoms with van der Waals surface area (Å²) in [6.07, 6.45) is 0.507. The highest BCUT2D eigenvalue weighted by molar-refractivity contribution is 6.18. The molecule has 21 heavy (non-hydrogen) atoms. The van der Waals surface area contributed by atoms with Crippen LogP contribution in [0.4, 0.5) is 11.4 Å². The van der Waals surface area contributed by atoms with Gasteiger partial charge in [0.1, 0.15) is 6.61 Å². The maximum absolute atomic E-state index is 12.0. The van der Waals surface area contributed by atoms with Crippen molar-refractivity contribution < 1.29 is 14.3 Å². The lowest BCUT2D eigenvalue weighted by atomic mass is 10.1. The van der Waals surface area contributed by atoms with Gasteiger partial charge in [0, 0.05) is 36.8 Å². The Morgan fingerprint density at radius 2 is 1.76 bits per heavy atom. The highest BCUT2D eigenvalue weighted by Crippen LogP contribution is 2.28. The number of nitrogens with zero attached hydrogens (tertiary/aromatic N) is 2. The van der Waals surface area contributed by atoms with Crippen molar-refractivity contribution in [3.8, 4) is 0 Å². The first-order valence-electron chi connectivity index (χ1n) is 7.03. The zero-order chi connectivity index (χ0) is 14.8. The minimum atomic E-state index is -0.0338. The van der Waals surface area contributed by atoms with Crippen LogP contribution >= 0.6 is 11.6 Å². The van der Waals surface area contributed by atoms with Crippen LogP contribution in [-0.4, -0.2) is 44.0 Å². The molecule has 3 rings (SSSR count). The van der Waals surface area contributed by atoms with E-state index in [9.17, 15) is 9.59 Å². The van der Waals surface area contributed by atoms with Crippen molar-refractivity contribution >= 4 is 34.8 Å². The highest BCUT2D eigenvalue weighted by atomic mass is 35.5. The van der Waals surface area contributed by atoms with E-state index in [0.29, 0.717) is 32.0 Å². The summed E-state index contributed by atoms with van der Waals surface area (Å²) >= 11 is 5.83. The fourth-order valence-corrected chi connectivity index (χ4v) is 2.94. The van der Waals surface area contributed by atoms with Crippen molar-refractivity contribution in [2.45, 2.75) is 6.42 Å². The van der Waals surface area contributed by atoms with E-state index >= 15 is 0 Å². The molecule has 2 amide bonds. The van der Waals surface area contributed by atoms with Gasteiger partial charge in [0.25, 0.3) is 5.91 Å². The highest BCUT2D eigenvalue weighted by Gasteiger charge is 2.30. The fraction of sp³-hybridized carbons (Fsp3) is 0.467. The van der Waals surface area contributed by atoms with Gasteiger partial charge in [-0.05, 0) is 30.2 Å². The van der Waals surface area contributed by atoms with E-state index in [0.717, 1.165) is 11.4 Å². The summed E-state index contributed by atoms with van der Waals surface area (Å²) in [5, 5.41) is 0. The van der Waals surface area contributed by atoms with Crippen LogP contribution in [0.1, 0.15) is 6.42 Å². The van der Waals surface area contributed by atoms with Crippen LogP contribution in [0.25, 0.3) is 0 Å². The Kier molecular flexibility index (Phi) is 4.12. The summed E-state index contributed by atoms with van der Waals surface area (Å²) in [4.78, 5) is 27.2. The first-order chi connectivity index (χ1) is 10.2. The first kappa shape index (κ1) is 14.4. The number of morpholine rings is 1. The molecule has 2 fully saturated rings. The third kappa shape index (κ3) is 2.89. The zero-order valence-electron chi connectivity index (χ0n) is 11.6. The number of benzene rings is 1. The molecule has 1 aromatic rings. The number of hydrogen-bond acceptors (Lipinski definition) is 3. The lowest BCUT2D eigenvalue weighted by Gasteiger charge is -2.27. The molecule has 0 bridgehead atoms. The summed E-state index contributed by atoms with van der Waals surface area (Å²) in [5.41, 5.74) is 1.70. The van der Waals surface area contributed by atoms with Gasteiger partial charge in [-0.15, -0.1) is 11.6 Å². The Bertz CT molecular complexity index is 546. The Balaban J connectivity index is 1.75. The summed E-state index contributed by atoms with van der Waals surface area (Å²) < 4.78 is 5.12. The number of rotatable bonds is 3. The molecule has 0 saturated carbocycles. The van der Waals surface area contributed by atoms with Gasteiger partial charge < -0.3 is 14.5 Å². The predicted molar refractivity (Wildman–Crippen MR) is 80.8 cm³/mol. The van der Waals surface area contributed by atoms with Gasteiger partial charge in [0.05, 0.1) is 6.61 Å². The number of carbonyl (C=O) groups is 2. The maximum atomic E-state index is 12.0. The summed E-state index contributed by atoms with van der Waals surface area (Å²) in [6, 6.07) is 7.51. The number of alkyl halides is 1. The second-order valence-electron chi connectivity index (χ2n) is 5.34. The van der Waals surface area contributed by atoms with Gasteiger partial charge in [0.15, 0.2) is 0 Å². The van der Waals surface area contributed by atoms with Gasteiger partial charge in [-0.2, -0.15) is 0 Å². The predicted octanol–water partition coefficient (Wildman–Crippen LogP) is 1.64. The van der Waals surface area contributed by atoms with E-state index in [-0.39, 0.29) is 24.3 Å². The molecule has 1 atom stereocenters. The van der Waals surface area contributed by atoms with Crippen molar-refractivity contribution in [1.82, 2.24) is 0 Å². The number of amides is 2. The number of anilines is 2. The zero-order valence-corrected chi connectivity index (χ0v) is 12.4. The summed E-state index contributed by atoms with van der Waals surface area (Å²) in [6.45, 7) is 1.91. The van der Waals surface area contributed by atoms with Gasteiger partial charge in [-0.3, -0.25) is 9.59 Å². The molecule has 0 spiro atoms. The first-order valence-corrected chi connectivity index (χ1v) is 7.57. The largest absolute Gasteiger partial charge is 0.370 e. The van der Waals surface area contributed by atoms with Crippen LogP contribution in [0.5, 0.6) is 0 Å². The molecule has 2 heterocycles. The third-order valence-electron chi connectivity index (χ3n) is 3.88. The number of ether oxygens (including phenoxy) is 1. The second-order valence-corrected chi connectivity index (χ2v) is 5.65. The number of carbonyl (C=O) groups excluding carboxylic acids is 2. The van der Waals surface area contributed by atoms with Crippen LogP contribution in [0.2, 0.25) is 0 Å². The van der Waals surface area contributed by atoms with Crippen LogP contribution in [0, 0.1) is 5.92 Å². The molecule has 0 aliphatic carbocycles. The van der Waals surface area contributed by atoms with E-state index in [4.69, 9.17) is 16.3 Å². The summed E-state index contributed by atoms with van der Waals surface area (Å²) in [7, 11) is 0. The van der Waals surface area contributed by atoms with Crippen molar-refractivity contribution in [3.63, 3.8) is 0 Å². The van der Waals surface area contributed by atoms with Crippen molar-refractivity contribution in [3.05, 3.63) is 24.3 Å². The minimum absolute atomic E-state index is 0.0338. The molecule has 0 aromatic heterocycles. The number of hydrogen-bond donors (Lipinski definition) is 0. The van der Waals surface area contributed by atoms with E-state index in [1.807, 2.05) is 24.3 Å². The van der Waals surface area contributed by atoms with Crippen molar-refractivity contribution in [2.75, 3.05) is 42.0 Å². The Labute approximate surface area is 128 Å². The Hall–Kier alpha value is -1.59. The topological polar surface area (TPSA) is 49.9 Å². The van der Waals surface area contributed by atoms with E-state index in [2.05, 4.69) is 0 Å². The maximum Gasteiger partial charge on any atom is 0.253 e. The smallest absolute Gasteiger partial charge is 0.253 e. The van der Waals surface area contributed by atoms with Crippen LogP contribution in [-0.2, 0) is 14.3 Å². The molecular weight excluding hydrogens is 292 g/mol. The molecule has 2 aliphatic rings. The molecule has 1 unspecified atom stereocenters.